The van der Waals surface area contributed by atoms with Crippen LogP contribution in [-0.2, 0) is 4.79 Å². The second-order valence-corrected chi connectivity index (χ2v) is 5.16. The van der Waals surface area contributed by atoms with E-state index in [1.165, 1.54) is 13.0 Å². The Morgan fingerprint density at radius 1 is 1.53 bits per heavy atom. The number of rotatable bonds is 6. The van der Waals surface area contributed by atoms with Gasteiger partial charge in [0, 0.05) is 10.9 Å². The van der Waals surface area contributed by atoms with Crippen LogP contribution in [0.4, 0.5) is 8.78 Å². The van der Waals surface area contributed by atoms with Crippen molar-refractivity contribution in [2.75, 3.05) is 0 Å². The van der Waals surface area contributed by atoms with Crippen LogP contribution >= 0.6 is 11.3 Å². The van der Waals surface area contributed by atoms with Crippen LogP contribution in [0, 0.1) is 6.92 Å². The number of hydrogen-bond acceptors (Lipinski definition) is 4. The van der Waals surface area contributed by atoms with Gasteiger partial charge in [0.05, 0.1) is 6.42 Å². The fourth-order valence-electron chi connectivity index (χ4n) is 1.43. The number of carbonyl (C=O) groups excluding carboxylic acids is 1. The maximum absolute atomic E-state index is 12.2. The van der Waals surface area contributed by atoms with E-state index in [0.29, 0.717) is 4.88 Å². The van der Waals surface area contributed by atoms with Gasteiger partial charge in [-0.1, -0.05) is 0 Å². The first-order valence-corrected chi connectivity index (χ1v) is 6.19. The van der Waals surface area contributed by atoms with Gasteiger partial charge in [-0.25, -0.2) is 0 Å². The van der Waals surface area contributed by atoms with Gasteiger partial charge in [-0.2, -0.15) is 8.78 Å². The summed E-state index contributed by atoms with van der Waals surface area (Å²) < 4.78 is 28.6. The maximum Gasteiger partial charge on any atom is 0.387 e. The molecule has 0 fully saturated rings. The van der Waals surface area contributed by atoms with Crippen LogP contribution in [0.5, 0.6) is 5.75 Å². The Morgan fingerprint density at radius 2 is 2.16 bits per heavy atom. The summed E-state index contributed by atoms with van der Waals surface area (Å²) in [6.45, 7) is 0.151. The van der Waals surface area contributed by atoms with E-state index in [2.05, 4.69) is 10.1 Å². The molecular weight excluding hydrogens is 280 g/mol. The average Bonchev–Trinajstić information content (AvgIpc) is 2.56. The molecule has 1 aromatic heterocycles. The number of carboxylic acid groups (broad SMARTS) is 1. The Hall–Kier alpha value is -1.70. The van der Waals surface area contributed by atoms with Crippen LogP contribution < -0.4 is 10.1 Å². The Morgan fingerprint density at radius 3 is 2.68 bits per heavy atom. The van der Waals surface area contributed by atoms with Gasteiger partial charge in [-0.05, 0) is 19.9 Å². The third-order valence-corrected chi connectivity index (χ3v) is 3.13. The standard InChI is InChI=1S/C11H13F2NO4S/c1-5(3-8(15)16)14-10(17)9-7(18-11(12)13)4-6(2)19-9/h4-5,11H,3H2,1-2H3,(H,14,17)(H,15,16). The van der Waals surface area contributed by atoms with E-state index in [1.807, 2.05) is 0 Å². The lowest BCUT2D eigenvalue weighted by Crippen LogP contribution is -2.34. The molecule has 0 spiro atoms. The van der Waals surface area contributed by atoms with Crippen molar-refractivity contribution in [3.8, 4) is 5.75 Å². The molecule has 2 N–H and O–H groups in total. The molecule has 0 saturated heterocycles. The smallest absolute Gasteiger partial charge is 0.387 e. The van der Waals surface area contributed by atoms with E-state index < -0.39 is 24.5 Å². The van der Waals surface area contributed by atoms with Crippen molar-refractivity contribution in [1.29, 1.82) is 0 Å². The van der Waals surface area contributed by atoms with Crippen LogP contribution in [0.2, 0.25) is 0 Å². The van der Waals surface area contributed by atoms with Gasteiger partial charge in [0.25, 0.3) is 5.91 Å². The number of aliphatic carboxylic acids is 1. The molecule has 1 atom stereocenters. The van der Waals surface area contributed by atoms with E-state index in [4.69, 9.17) is 5.11 Å². The molecule has 19 heavy (non-hydrogen) atoms. The minimum absolute atomic E-state index is 0.00930. The molecule has 0 aromatic carbocycles. The van der Waals surface area contributed by atoms with Gasteiger partial charge in [0.15, 0.2) is 0 Å². The quantitative estimate of drug-likeness (QED) is 0.843. The second kappa shape index (κ2) is 6.46. The molecular formula is C11H13F2NO4S. The van der Waals surface area contributed by atoms with Gasteiger partial charge < -0.3 is 15.2 Å². The summed E-state index contributed by atoms with van der Waals surface area (Å²) in [5.74, 6) is -1.88. The lowest BCUT2D eigenvalue weighted by atomic mass is 10.2. The monoisotopic (exact) mass is 293 g/mol. The van der Waals surface area contributed by atoms with Crippen molar-refractivity contribution in [3.63, 3.8) is 0 Å². The first-order chi connectivity index (χ1) is 8.79. The Balaban J connectivity index is 2.78. The van der Waals surface area contributed by atoms with Crippen molar-refractivity contribution in [3.05, 3.63) is 15.8 Å². The molecule has 0 aliphatic carbocycles. The number of halogens is 2. The van der Waals surface area contributed by atoms with Gasteiger partial charge in [0.1, 0.15) is 10.6 Å². The van der Waals surface area contributed by atoms with E-state index in [0.717, 1.165) is 11.3 Å². The van der Waals surface area contributed by atoms with Gasteiger partial charge in [-0.3, -0.25) is 9.59 Å². The summed E-state index contributed by atoms with van der Waals surface area (Å²) in [6.07, 6.45) is -0.249. The van der Waals surface area contributed by atoms with Crippen molar-refractivity contribution in [2.45, 2.75) is 32.9 Å². The number of aryl methyl sites for hydroxylation is 1. The first-order valence-electron chi connectivity index (χ1n) is 5.37. The third-order valence-electron chi connectivity index (χ3n) is 2.10. The van der Waals surface area contributed by atoms with Crippen LogP contribution in [-0.4, -0.2) is 29.6 Å². The Bertz CT molecular complexity index is 475. The zero-order valence-corrected chi connectivity index (χ0v) is 11.1. The van der Waals surface area contributed by atoms with E-state index >= 15 is 0 Å². The molecule has 0 bridgehead atoms. The Kier molecular flexibility index (Phi) is 5.22. The van der Waals surface area contributed by atoms with Crippen molar-refractivity contribution in [2.24, 2.45) is 0 Å². The molecule has 0 radical (unpaired) electrons. The summed E-state index contributed by atoms with van der Waals surface area (Å²) in [4.78, 5) is 23.0. The molecule has 1 amide bonds. The normalized spacial score (nSPS) is 12.3. The summed E-state index contributed by atoms with van der Waals surface area (Å²) in [5.41, 5.74) is 0. The molecule has 1 unspecified atom stereocenters. The number of amides is 1. The zero-order chi connectivity index (χ0) is 14.6. The van der Waals surface area contributed by atoms with E-state index in [1.54, 1.807) is 6.92 Å². The highest BCUT2D eigenvalue weighted by Gasteiger charge is 2.21. The lowest BCUT2D eigenvalue weighted by Gasteiger charge is -2.11. The van der Waals surface area contributed by atoms with Crippen molar-refractivity contribution in [1.82, 2.24) is 5.32 Å². The molecule has 1 heterocycles. The number of ether oxygens (including phenoxy) is 1. The highest BCUT2D eigenvalue weighted by atomic mass is 32.1. The lowest BCUT2D eigenvalue weighted by molar-refractivity contribution is -0.137. The summed E-state index contributed by atoms with van der Waals surface area (Å²) in [6, 6.07) is 0.736. The van der Waals surface area contributed by atoms with E-state index in [9.17, 15) is 18.4 Å². The molecule has 106 valence electrons. The van der Waals surface area contributed by atoms with Crippen LogP contribution in [0.15, 0.2) is 6.07 Å². The second-order valence-electron chi connectivity index (χ2n) is 3.90. The van der Waals surface area contributed by atoms with Crippen LogP contribution in [0.3, 0.4) is 0 Å². The van der Waals surface area contributed by atoms with Gasteiger partial charge in [0.2, 0.25) is 0 Å². The van der Waals surface area contributed by atoms with Crippen LogP contribution in [0.25, 0.3) is 0 Å². The molecule has 5 nitrogen and oxygen atoms in total. The fourth-order valence-corrected chi connectivity index (χ4v) is 2.28. The fraction of sp³-hybridized carbons (Fsp3) is 0.455. The highest BCUT2D eigenvalue weighted by Crippen LogP contribution is 2.30. The van der Waals surface area contributed by atoms with Crippen LogP contribution in [0.1, 0.15) is 27.9 Å². The molecule has 1 aromatic rings. The Labute approximate surface area is 112 Å². The number of nitrogens with one attached hydrogen (secondary N) is 1. The molecule has 8 heteroatoms. The van der Waals surface area contributed by atoms with Gasteiger partial charge in [-0.15, -0.1) is 11.3 Å². The highest BCUT2D eigenvalue weighted by molar-refractivity contribution is 7.14. The topological polar surface area (TPSA) is 75.6 Å². The predicted octanol–water partition coefficient (Wildman–Crippen LogP) is 2.25. The molecule has 1 rings (SSSR count). The summed E-state index contributed by atoms with van der Waals surface area (Å²) in [5, 5.41) is 11.0. The summed E-state index contributed by atoms with van der Waals surface area (Å²) in [7, 11) is 0. The summed E-state index contributed by atoms with van der Waals surface area (Å²) >= 11 is 1.01. The third kappa shape index (κ3) is 4.82. The van der Waals surface area contributed by atoms with Crippen molar-refractivity contribution < 1.29 is 28.2 Å². The molecule has 0 saturated carbocycles. The number of carbonyl (C=O) groups is 2. The molecule has 0 aliphatic rings. The minimum Gasteiger partial charge on any atom is -0.481 e. The SMILES string of the molecule is Cc1cc(OC(F)F)c(C(=O)NC(C)CC(=O)O)s1. The van der Waals surface area contributed by atoms with Gasteiger partial charge >= 0.3 is 12.6 Å². The number of alkyl halides is 2. The number of hydrogen-bond donors (Lipinski definition) is 2. The predicted molar refractivity (Wildman–Crippen MR) is 64.9 cm³/mol. The zero-order valence-electron chi connectivity index (χ0n) is 10.3. The number of thiophene rings is 1. The largest absolute Gasteiger partial charge is 0.481 e. The number of carboxylic acids is 1. The maximum atomic E-state index is 12.2. The van der Waals surface area contributed by atoms with E-state index in [-0.39, 0.29) is 17.0 Å². The average molecular weight is 293 g/mol. The molecule has 0 aliphatic heterocycles. The first kappa shape index (κ1) is 15.4. The van der Waals surface area contributed by atoms with Crippen molar-refractivity contribution >= 4 is 23.2 Å². The minimum atomic E-state index is -3.02.